The average molecular weight is 328 g/mol. The highest BCUT2D eigenvalue weighted by Gasteiger charge is 2.10. The van der Waals surface area contributed by atoms with Crippen LogP contribution < -0.4 is 10.6 Å². The van der Waals surface area contributed by atoms with E-state index in [2.05, 4.69) is 29.7 Å². The third-order valence-corrected chi connectivity index (χ3v) is 4.57. The van der Waals surface area contributed by atoms with E-state index in [1.165, 1.54) is 5.56 Å². The molecule has 0 bridgehead atoms. The van der Waals surface area contributed by atoms with E-state index in [0.29, 0.717) is 17.0 Å². The molecule has 0 spiro atoms. The first kappa shape index (κ1) is 17.1. The van der Waals surface area contributed by atoms with E-state index in [4.69, 9.17) is 0 Å². The van der Waals surface area contributed by atoms with Crippen molar-refractivity contribution in [2.75, 3.05) is 18.1 Å². The van der Waals surface area contributed by atoms with Gasteiger partial charge in [-0.1, -0.05) is 36.4 Å². The van der Waals surface area contributed by atoms with Gasteiger partial charge in [-0.3, -0.25) is 9.59 Å². The normalized spacial score (nSPS) is 11.6. The van der Waals surface area contributed by atoms with E-state index >= 15 is 0 Å². The Morgan fingerprint density at radius 2 is 1.83 bits per heavy atom. The Bertz CT molecular complexity index is 674. The Balaban J connectivity index is 1.89. The van der Waals surface area contributed by atoms with Crippen molar-refractivity contribution in [1.29, 1.82) is 0 Å². The van der Waals surface area contributed by atoms with Crippen LogP contribution in [0.4, 0.5) is 5.69 Å². The number of carbonyl (C=O) groups excluding carboxylic acids is 2. The van der Waals surface area contributed by atoms with Crippen molar-refractivity contribution in [2.24, 2.45) is 0 Å². The van der Waals surface area contributed by atoms with Crippen molar-refractivity contribution in [1.82, 2.24) is 5.32 Å². The van der Waals surface area contributed by atoms with Crippen molar-refractivity contribution in [3.8, 4) is 0 Å². The number of anilines is 1. The molecule has 0 aliphatic heterocycles. The maximum atomic E-state index is 12.1. The molecule has 0 aliphatic rings. The van der Waals surface area contributed by atoms with Crippen molar-refractivity contribution in [3.63, 3.8) is 0 Å². The van der Waals surface area contributed by atoms with Gasteiger partial charge in [0.1, 0.15) is 0 Å². The number of thioether (sulfide) groups is 1. The van der Waals surface area contributed by atoms with Crippen LogP contribution in [-0.4, -0.2) is 24.6 Å². The maximum Gasteiger partial charge on any atom is 0.251 e. The summed E-state index contributed by atoms with van der Waals surface area (Å²) in [6.07, 6.45) is 0. The lowest BCUT2D eigenvalue weighted by Gasteiger charge is -2.12. The summed E-state index contributed by atoms with van der Waals surface area (Å²) in [5, 5.41) is 5.64. The topological polar surface area (TPSA) is 58.2 Å². The molecule has 5 heteroatoms. The molecule has 1 atom stereocenters. The van der Waals surface area contributed by atoms with Crippen LogP contribution in [0.5, 0.6) is 0 Å². The van der Waals surface area contributed by atoms with Crippen LogP contribution >= 0.6 is 11.8 Å². The van der Waals surface area contributed by atoms with Gasteiger partial charge in [0, 0.05) is 23.5 Å². The predicted octanol–water partition coefficient (Wildman–Crippen LogP) is 3.48. The van der Waals surface area contributed by atoms with E-state index in [-0.39, 0.29) is 17.1 Å². The number of carbonyl (C=O) groups is 2. The lowest BCUT2D eigenvalue weighted by Crippen LogP contribution is -2.19. The van der Waals surface area contributed by atoms with Gasteiger partial charge in [0.15, 0.2) is 0 Å². The minimum Gasteiger partial charge on any atom is -0.355 e. The van der Waals surface area contributed by atoms with Crippen LogP contribution in [0.2, 0.25) is 0 Å². The molecule has 2 amide bonds. The molecule has 120 valence electrons. The molecule has 0 fully saturated rings. The number of amides is 2. The molecule has 2 aromatic rings. The summed E-state index contributed by atoms with van der Waals surface area (Å²) < 4.78 is 0. The standard InChI is InChI=1S/C18H20N2O2S/c1-13(14-7-4-3-5-8-14)23-12-17(21)20-16-10-6-9-15(11-16)18(22)19-2/h3-11,13H,12H2,1-2H3,(H,19,22)(H,20,21). The van der Waals surface area contributed by atoms with E-state index < -0.39 is 0 Å². The molecule has 4 nitrogen and oxygen atoms in total. The van der Waals surface area contributed by atoms with Gasteiger partial charge >= 0.3 is 0 Å². The molecule has 0 heterocycles. The monoisotopic (exact) mass is 328 g/mol. The summed E-state index contributed by atoms with van der Waals surface area (Å²) in [6.45, 7) is 2.08. The molecular weight excluding hydrogens is 308 g/mol. The highest BCUT2D eigenvalue weighted by molar-refractivity contribution is 8.00. The van der Waals surface area contributed by atoms with Crippen molar-refractivity contribution in [3.05, 3.63) is 65.7 Å². The van der Waals surface area contributed by atoms with Crippen LogP contribution in [0.25, 0.3) is 0 Å². The number of benzene rings is 2. The summed E-state index contributed by atoms with van der Waals surface area (Å²) in [7, 11) is 1.58. The van der Waals surface area contributed by atoms with Crippen LogP contribution in [0.15, 0.2) is 54.6 Å². The third-order valence-electron chi connectivity index (χ3n) is 3.37. The lowest BCUT2D eigenvalue weighted by atomic mass is 10.2. The Morgan fingerprint density at radius 1 is 1.09 bits per heavy atom. The second-order valence-corrected chi connectivity index (χ2v) is 6.40. The van der Waals surface area contributed by atoms with Crippen LogP contribution in [-0.2, 0) is 4.79 Å². The zero-order valence-electron chi connectivity index (χ0n) is 13.2. The molecule has 0 saturated carbocycles. The van der Waals surface area contributed by atoms with Gasteiger partial charge in [-0.15, -0.1) is 11.8 Å². The first-order valence-corrected chi connectivity index (χ1v) is 8.43. The van der Waals surface area contributed by atoms with Crippen LogP contribution in [0.1, 0.15) is 28.1 Å². The minimum absolute atomic E-state index is 0.0770. The van der Waals surface area contributed by atoms with Gasteiger partial charge in [-0.05, 0) is 30.7 Å². The molecule has 0 aliphatic carbocycles. The van der Waals surface area contributed by atoms with Crippen molar-refractivity contribution >= 4 is 29.3 Å². The predicted molar refractivity (Wildman–Crippen MR) is 95.8 cm³/mol. The highest BCUT2D eigenvalue weighted by Crippen LogP contribution is 2.27. The highest BCUT2D eigenvalue weighted by atomic mass is 32.2. The largest absolute Gasteiger partial charge is 0.355 e. The summed E-state index contributed by atoms with van der Waals surface area (Å²) >= 11 is 1.58. The summed E-state index contributed by atoms with van der Waals surface area (Å²) in [5.74, 6) is 0.111. The average Bonchev–Trinajstić information content (AvgIpc) is 2.60. The Morgan fingerprint density at radius 3 is 2.52 bits per heavy atom. The first-order chi connectivity index (χ1) is 11.1. The molecule has 0 radical (unpaired) electrons. The van der Waals surface area contributed by atoms with Gasteiger partial charge in [0.25, 0.3) is 5.91 Å². The number of nitrogens with one attached hydrogen (secondary N) is 2. The minimum atomic E-state index is -0.173. The Labute approximate surface area is 140 Å². The maximum absolute atomic E-state index is 12.1. The number of rotatable bonds is 6. The Kier molecular flexibility index (Phi) is 6.23. The van der Waals surface area contributed by atoms with E-state index in [1.54, 1.807) is 43.1 Å². The zero-order chi connectivity index (χ0) is 16.7. The van der Waals surface area contributed by atoms with Crippen molar-refractivity contribution in [2.45, 2.75) is 12.2 Å². The lowest BCUT2D eigenvalue weighted by molar-refractivity contribution is -0.113. The van der Waals surface area contributed by atoms with Gasteiger partial charge in [-0.2, -0.15) is 0 Å². The number of hydrogen-bond donors (Lipinski definition) is 2. The fourth-order valence-corrected chi connectivity index (χ4v) is 2.92. The molecule has 2 aromatic carbocycles. The molecule has 2 rings (SSSR count). The van der Waals surface area contributed by atoms with Gasteiger partial charge in [0.05, 0.1) is 5.75 Å². The zero-order valence-corrected chi connectivity index (χ0v) is 14.0. The number of hydrogen-bond acceptors (Lipinski definition) is 3. The van der Waals surface area contributed by atoms with E-state index in [9.17, 15) is 9.59 Å². The van der Waals surface area contributed by atoms with E-state index in [1.807, 2.05) is 18.2 Å². The quantitative estimate of drug-likeness (QED) is 0.853. The van der Waals surface area contributed by atoms with E-state index in [0.717, 1.165) is 0 Å². The van der Waals surface area contributed by atoms with Gasteiger partial charge in [0.2, 0.25) is 5.91 Å². The molecule has 0 aromatic heterocycles. The first-order valence-electron chi connectivity index (χ1n) is 7.38. The second kappa shape index (κ2) is 8.39. The Hall–Kier alpha value is -2.27. The van der Waals surface area contributed by atoms with Gasteiger partial charge < -0.3 is 10.6 Å². The third kappa shape index (κ3) is 5.14. The summed E-state index contributed by atoms with van der Waals surface area (Å²) in [4.78, 5) is 23.7. The van der Waals surface area contributed by atoms with Crippen LogP contribution in [0.3, 0.4) is 0 Å². The van der Waals surface area contributed by atoms with Crippen molar-refractivity contribution < 1.29 is 9.59 Å². The molecule has 1 unspecified atom stereocenters. The molecule has 23 heavy (non-hydrogen) atoms. The smallest absolute Gasteiger partial charge is 0.251 e. The van der Waals surface area contributed by atoms with Gasteiger partial charge in [-0.25, -0.2) is 0 Å². The summed E-state index contributed by atoms with van der Waals surface area (Å²) in [6, 6.07) is 17.0. The molecule has 2 N–H and O–H groups in total. The SMILES string of the molecule is CNC(=O)c1cccc(NC(=O)CSC(C)c2ccccc2)c1. The molecule has 0 saturated heterocycles. The fraction of sp³-hybridized carbons (Fsp3) is 0.222. The second-order valence-electron chi connectivity index (χ2n) is 5.07. The summed E-state index contributed by atoms with van der Waals surface area (Å²) in [5.41, 5.74) is 2.35. The molecular formula is C18H20N2O2S. The fourth-order valence-electron chi connectivity index (χ4n) is 2.10. The van der Waals surface area contributed by atoms with Crippen LogP contribution in [0, 0.1) is 0 Å².